The molecule has 0 radical (unpaired) electrons. The minimum absolute atomic E-state index is 0. The van der Waals surface area contributed by atoms with Gasteiger partial charge in [-0.2, -0.15) is 0 Å². The average molecular weight is 273 g/mol. The summed E-state index contributed by atoms with van der Waals surface area (Å²) in [5.74, 6) is -0.349. The molecule has 1 saturated heterocycles. The van der Waals surface area contributed by atoms with Gasteiger partial charge < -0.3 is 15.0 Å². The van der Waals surface area contributed by atoms with Crippen molar-refractivity contribution in [1.82, 2.24) is 10.2 Å². The lowest BCUT2D eigenvalue weighted by Crippen LogP contribution is -2.41. The molecule has 1 heterocycles. The van der Waals surface area contributed by atoms with Crippen molar-refractivity contribution in [2.75, 3.05) is 39.9 Å². The molecule has 0 bridgehead atoms. The summed E-state index contributed by atoms with van der Waals surface area (Å²) in [5, 5.41) is 3.05. The van der Waals surface area contributed by atoms with E-state index in [1.54, 1.807) is 0 Å². The number of ether oxygens (including phenoxy) is 1. The minimum Gasteiger partial charge on any atom is -0.383 e. The zero-order valence-corrected chi connectivity index (χ0v) is 10.6. The first-order valence-corrected chi connectivity index (χ1v) is 5.41. The molecule has 1 rings (SSSR count). The van der Waals surface area contributed by atoms with Gasteiger partial charge >= 0.3 is 0 Å². The molecule has 4 nitrogen and oxygen atoms in total. The summed E-state index contributed by atoms with van der Waals surface area (Å²) in [6.07, 6.45) is -1.76. The molecule has 0 aromatic carbocycles. The van der Waals surface area contributed by atoms with Crippen molar-refractivity contribution < 1.29 is 18.3 Å². The van der Waals surface area contributed by atoms with Gasteiger partial charge in [-0.1, -0.05) is 0 Å². The molecule has 0 aliphatic carbocycles. The van der Waals surface area contributed by atoms with Crippen LogP contribution in [0.15, 0.2) is 0 Å². The lowest BCUT2D eigenvalue weighted by Gasteiger charge is -2.24. The molecule has 0 aromatic heterocycles. The zero-order valence-electron chi connectivity index (χ0n) is 9.83. The zero-order chi connectivity index (χ0) is 12.0. The van der Waals surface area contributed by atoms with Gasteiger partial charge in [0.1, 0.15) is 0 Å². The Morgan fingerprint density at radius 3 is 2.76 bits per heavy atom. The van der Waals surface area contributed by atoms with Crippen molar-refractivity contribution in [2.24, 2.45) is 5.92 Å². The second kappa shape index (κ2) is 8.60. The molecule has 17 heavy (non-hydrogen) atoms. The second-order valence-electron chi connectivity index (χ2n) is 3.86. The Labute approximate surface area is 106 Å². The third kappa shape index (κ3) is 5.61. The highest BCUT2D eigenvalue weighted by Gasteiger charge is 2.28. The highest BCUT2D eigenvalue weighted by Crippen LogP contribution is 2.12. The maximum Gasteiger partial charge on any atom is 0.255 e. The van der Waals surface area contributed by atoms with Crippen LogP contribution in [0.4, 0.5) is 8.78 Å². The van der Waals surface area contributed by atoms with Crippen molar-refractivity contribution in [3.05, 3.63) is 0 Å². The highest BCUT2D eigenvalue weighted by atomic mass is 35.5. The van der Waals surface area contributed by atoms with E-state index in [1.165, 1.54) is 12.0 Å². The van der Waals surface area contributed by atoms with Gasteiger partial charge in [-0.25, -0.2) is 8.78 Å². The number of alkyl halides is 2. The SMILES string of the molecule is COCCN(CC(F)F)C(=O)C1CCNC1.Cl. The number of carbonyl (C=O) groups excluding carboxylic acids is 1. The topological polar surface area (TPSA) is 41.6 Å². The molecule has 102 valence electrons. The lowest BCUT2D eigenvalue weighted by atomic mass is 10.1. The first-order chi connectivity index (χ1) is 7.65. The van der Waals surface area contributed by atoms with Gasteiger partial charge in [-0.3, -0.25) is 4.79 Å². The van der Waals surface area contributed by atoms with Crippen molar-refractivity contribution in [2.45, 2.75) is 12.8 Å². The molecule has 1 fully saturated rings. The molecule has 1 atom stereocenters. The van der Waals surface area contributed by atoms with Crippen LogP contribution in [0.3, 0.4) is 0 Å². The van der Waals surface area contributed by atoms with Crippen molar-refractivity contribution >= 4 is 18.3 Å². The highest BCUT2D eigenvalue weighted by molar-refractivity contribution is 5.85. The molecule has 1 amide bonds. The van der Waals surface area contributed by atoms with E-state index in [2.05, 4.69) is 5.32 Å². The Hall–Kier alpha value is -0.460. The second-order valence-corrected chi connectivity index (χ2v) is 3.86. The van der Waals surface area contributed by atoms with Gasteiger partial charge in [0.05, 0.1) is 19.1 Å². The summed E-state index contributed by atoms with van der Waals surface area (Å²) >= 11 is 0. The van der Waals surface area contributed by atoms with Crippen LogP contribution < -0.4 is 5.32 Å². The lowest BCUT2D eigenvalue weighted by molar-refractivity contribution is -0.137. The largest absolute Gasteiger partial charge is 0.383 e. The van der Waals surface area contributed by atoms with Crippen molar-refractivity contribution in [3.63, 3.8) is 0 Å². The molecule has 7 heteroatoms. The maximum absolute atomic E-state index is 12.3. The van der Waals surface area contributed by atoms with Crippen LogP contribution in [0.5, 0.6) is 0 Å². The molecular formula is C10H19ClF2N2O2. The van der Waals surface area contributed by atoms with Crippen LogP contribution in [-0.2, 0) is 9.53 Å². The number of methoxy groups -OCH3 is 1. The van der Waals surface area contributed by atoms with Crippen molar-refractivity contribution in [1.29, 1.82) is 0 Å². The number of carbonyl (C=O) groups is 1. The summed E-state index contributed by atoms with van der Waals surface area (Å²) in [5.41, 5.74) is 0. The fourth-order valence-corrected chi connectivity index (χ4v) is 1.78. The van der Waals surface area contributed by atoms with Crippen LogP contribution in [0.2, 0.25) is 0 Å². The van der Waals surface area contributed by atoms with E-state index < -0.39 is 13.0 Å². The monoisotopic (exact) mass is 272 g/mol. The molecule has 0 spiro atoms. The molecule has 0 aromatic rings. The van der Waals surface area contributed by atoms with Gasteiger partial charge in [-0.15, -0.1) is 12.4 Å². The number of nitrogens with zero attached hydrogens (tertiary/aromatic N) is 1. The molecule has 1 N–H and O–H groups in total. The number of halogens is 3. The van der Waals surface area contributed by atoms with Gasteiger partial charge in [0.25, 0.3) is 6.43 Å². The molecular weight excluding hydrogens is 254 g/mol. The summed E-state index contributed by atoms with van der Waals surface area (Å²) in [6, 6.07) is 0. The third-order valence-electron chi connectivity index (χ3n) is 2.64. The van der Waals surface area contributed by atoms with Gasteiger partial charge in [0.2, 0.25) is 5.91 Å². The Morgan fingerprint density at radius 1 is 1.59 bits per heavy atom. The number of rotatable bonds is 6. The average Bonchev–Trinajstić information content (AvgIpc) is 2.76. The summed E-state index contributed by atoms with van der Waals surface area (Å²) in [4.78, 5) is 13.1. The molecule has 1 aliphatic rings. The van der Waals surface area contributed by atoms with Crippen LogP contribution in [0.1, 0.15) is 6.42 Å². The first-order valence-electron chi connectivity index (χ1n) is 5.41. The van der Waals surface area contributed by atoms with Crippen LogP contribution in [0, 0.1) is 5.92 Å². The van der Waals surface area contributed by atoms with Crippen LogP contribution in [0.25, 0.3) is 0 Å². The Kier molecular flexibility index (Phi) is 8.37. The van der Waals surface area contributed by atoms with E-state index in [-0.39, 0.29) is 30.8 Å². The number of amides is 1. The van der Waals surface area contributed by atoms with Crippen molar-refractivity contribution in [3.8, 4) is 0 Å². The standard InChI is InChI=1S/C10H18F2N2O2.ClH/c1-16-5-4-14(7-9(11)12)10(15)8-2-3-13-6-8;/h8-9,13H,2-7H2,1H3;1H. The molecule has 0 saturated carbocycles. The summed E-state index contributed by atoms with van der Waals surface area (Å²) in [7, 11) is 1.49. The fourth-order valence-electron chi connectivity index (χ4n) is 1.78. The molecule has 1 aliphatic heterocycles. The maximum atomic E-state index is 12.3. The Bertz CT molecular complexity index is 226. The number of nitrogens with one attached hydrogen (secondary N) is 1. The Morgan fingerprint density at radius 2 is 2.29 bits per heavy atom. The van der Waals surface area contributed by atoms with Crippen LogP contribution in [-0.4, -0.2) is 57.1 Å². The van der Waals surface area contributed by atoms with E-state index in [1.807, 2.05) is 0 Å². The first kappa shape index (κ1) is 16.5. The van der Waals surface area contributed by atoms with Crippen LogP contribution >= 0.6 is 12.4 Å². The number of hydrogen-bond acceptors (Lipinski definition) is 3. The Balaban J connectivity index is 0.00000256. The van der Waals surface area contributed by atoms with Gasteiger partial charge in [0, 0.05) is 20.2 Å². The van der Waals surface area contributed by atoms with E-state index >= 15 is 0 Å². The third-order valence-corrected chi connectivity index (χ3v) is 2.64. The van der Waals surface area contributed by atoms with Gasteiger partial charge in [0.15, 0.2) is 0 Å². The van der Waals surface area contributed by atoms with Gasteiger partial charge in [-0.05, 0) is 13.0 Å². The number of hydrogen-bond donors (Lipinski definition) is 1. The quantitative estimate of drug-likeness (QED) is 0.776. The predicted octanol–water partition coefficient (Wildman–Crippen LogP) is 0.758. The predicted molar refractivity (Wildman–Crippen MR) is 62.7 cm³/mol. The minimum atomic E-state index is -2.49. The van der Waals surface area contributed by atoms with E-state index in [0.717, 1.165) is 13.0 Å². The van der Waals surface area contributed by atoms with E-state index in [9.17, 15) is 13.6 Å². The molecule has 1 unspecified atom stereocenters. The summed E-state index contributed by atoms with van der Waals surface area (Å²) in [6.45, 7) is 1.39. The fraction of sp³-hybridized carbons (Fsp3) is 0.900. The normalized spacial score (nSPS) is 19.2. The van der Waals surface area contributed by atoms with E-state index in [0.29, 0.717) is 13.2 Å². The van der Waals surface area contributed by atoms with E-state index in [4.69, 9.17) is 4.74 Å². The summed E-state index contributed by atoms with van der Waals surface area (Å²) < 4.78 is 29.4. The smallest absolute Gasteiger partial charge is 0.255 e.